The second kappa shape index (κ2) is 11.1. The molecule has 2 aromatic carbocycles. The third-order valence-electron chi connectivity index (χ3n) is 7.04. The van der Waals surface area contributed by atoms with Crippen LogP contribution in [0.2, 0.25) is 0 Å². The summed E-state index contributed by atoms with van der Waals surface area (Å²) in [7, 11) is 0. The number of aryl methyl sites for hydroxylation is 1. The maximum atomic E-state index is 12.0. The van der Waals surface area contributed by atoms with Crippen LogP contribution in [0.25, 0.3) is 5.69 Å². The zero-order valence-electron chi connectivity index (χ0n) is 21.5. The first-order valence-corrected chi connectivity index (χ1v) is 13.1. The molecular weight excluding hydrogens is 494 g/mol. The number of carboxylic acid groups (broad SMARTS) is 1. The monoisotopic (exact) mass is 525 g/mol. The van der Waals surface area contributed by atoms with Crippen molar-refractivity contribution in [1.82, 2.24) is 19.8 Å². The summed E-state index contributed by atoms with van der Waals surface area (Å²) in [6.07, 6.45) is 2.69. The van der Waals surface area contributed by atoms with Crippen LogP contribution in [0.3, 0.4) is 0 Å². The molecule has 1 aliphatic rings. The SMILES string of the molecule is Cc1cc(C2C(c3ccccn3)NC(=S)N2CCCNc2ccccc2)c(C)n1-c1ccccc1C(=O)O. The van der Waals surface area contributed by atoms with Gasteiger partial charge in [0.25, 0.3) is 0 Å². The topological polar surface area (TPSA) is 82.4 Å². The van der Waals surface area contributed by atoms with E-state index in [0.29, 0.717) is 10.8 Å². The van der Waals surface area contributed by atoms with Crippen molar-refractivity contribution in [2.75, 3.05) is 18.4 Å². The summed E-state index contributed by atoms with van der Waals surface area (Å²) in [5, 5.41) is 17.5. The standard InChI is InChI=1S/C30H31N5O2S/c1-20-19-24(21(2)35(20)26-15-7-6-13-23(26)29(36)37)28-27(25-14-8-9-16-32-25)33-30(38)34(28)18-10-17-31-22-11-4-3-5-12-22/h3-9,11-16,19,27-28,31H,10,17-18H2,1-2H3,(H,33,38)(H,36,37). The molecule has 0 amide bonds. The zero-order valence-corrected chi connectivity index (χ0v) is 22.3. The van der Waals surface area contributed by atoms with E-state index in [4.69, 9.17) is 12.2 Å². The van der Waals surface area contributed by atoms with E-state index in [9.17, 15) is 9.90 Å². The number of anilines is 1. The summed E-state index contributed by atoms with van der Waals surface area (Å²) < 4.78 is 2.03. The Labute approximate surface area is 228 Å². The van der Waals surface area contributed by atoms with E-state index in [1.165, 1.54) is 0 Å². The molecule has 5 rings (SSSR count). The number of benzene rings is 2. The van der Waals surface area contributed by atoms with Gasteiger partial charge in [0.1, 0.15) is 0 Å². The molecule has 3 N–H and O–H groups in total. The number of para-hydroxylation sites is 2. The van der Waals surface area contributed by atoms with E-state index in [0.717, 1.165) is 47.8 Å². The molecule has 194 valence electrons. The van der Waals surface area contributed by atoms with Crippen molar-refractivity contribution < 1.29 is 9.90 Å². The van der Waals surface area contributed by atoms with E-state index in [-0.39, 0.29) is 17.6 Å². The maximum Gasteiger partial charge on any atom is 0.337 e. The van der Waals surface area contributed by atoms with Gasteiger partial charge in [-0.2, -0.15) is 0 Å². The number of rotatable bonds is 9. The molecule has 0 aliphatic carbocycles. The van der Waals surface area contributed by atoms with Crippen molar-refractivity contribution in [2.24, 2.45) is 0 Å². The number of pyridine rings is 1. The van der Waals surface area contributed by atoms with Gasteiger partial charge in [-0.1, -0.05) is 36.4 Å². The molecular formula is C30H31N5O2S. The number of thiocarbonyl (C=S) groups is 1. The first-order valence-electron chi connectivity index (χ1n) is 12.7. The number of nitrogens with one attached hydrogen (secondary N) is 2. The average Bonchev–Trinajstić information content (AvgIpc) is 3.41. The van der Waals surface area contributed by atoms with Gasteiger partial charge in [0.15, 0.2) is 5.11 Å². The fourth-order valence-corrected chi connectivity index (χ4v) is 5.66. The van der Waals surface area contributed by atoms with Gasteiger partial charge < -0.3 is 25.2 Å². The van der Waals surface area contributed by atoms with Gasteiger partial charge in [0, 0.05) is 36.4 Å². The van der Waals surface area contributed by atoms with Crippen molar-refractivity contribution >= 4 is 29.0 Å². The molecule has 0 bridgehead atoms. The second-order valence-corrected chi connectivity index (χ2v) is 9.84. The number of hydrogen-bond donors (Lipinski definition) is 3. The third kappa shape index (κ3) is 4.99. The molecule has 1 aliphatic heterocycles. The molecule has 0 radical (unpaired) electrons. The van der Waals surface area contributed by atoms with E-state index in [2.05, 4.69) is 38.7 Å². The quantitative estimate of drug-likeness (QED) is 0.192. The van der Waals surface area contributed by atoms with Crippen LogP contribution >= 0.6 is 12.2 Å². The summed E-state index contributed by atoms with van der Waals surface area (Å²) in [4.78, 5) is 18.9. The Balaban J connectivity index is 1.49. The lowest BCUT2D eigenvalue weighted by Gasteiger charge is -2.28. The van der Waals surface area contributed by atoms with E-state index in [1.807, 2.05) is 66.9 Å². The lowest BCUT2D eigenvalue weighted by atomic mass is 9.96. The van der Waals surface area contributed by atoms with Gasteiger partial charge in [0.05, 0.1) is 29.0 Å². The van der Waals surface area contributed by atoms with Crippen LogP contribution in [-0.4, -0.2) is 43.7 Å². The minimum absolute atomic E-state index is 0.0916. The Kier molecular flexibility index (Phi) is 7.42. The Morgan fingerprint density at radius 2 is 1.79 bits per heavy atom. The summed E-state index contributed by atoms with van der Waals surface area (Å²) >= 11 is 5.85. The van der Waals surface area contributed by atoms with Gasteiger partial charge in [-0.05, 0) is 80.5 Å². The van der Waals surface area contributed by atoms with Crippen molar-refractivity contribution in [3.8, 4) is 5.69 Å². The van der Waals surface area contributed by atoms with E-state index < -0.39 is 5.97 Å². The van der Waals surface area contributed by atoms with Gasteiger partial charge >= 0.3 is 5.97 Å². The van der Waals surface area contributed by atoms with Crippen LogP contribution in [0.15, 0.2) is 85.1 Å². The van der Waals surface area contributed by atoms with Crippen LogP contribution in [0.1, 0.15) is 51.5 Å². The minimum atomic E-state index is -0.947. The Morgan fingerprint density at radius 3 is 2.53 bits per heavy atom. The first kappa shape index (κ1) is 25.5. The smallest absolute Gasteiger partial charge is 0.337 e. The van der Waals surface area contributed by atoms with Crippen molar-refractivity contribution in [1.29, 1.82) is 0 Å². The lowest BCUT2D eigenvalue weighted by Crippen LogP contribution is -2.31. The molecule has 1 saturated heterocycles. The number of aromatic nitrogens is 2. The molecule has 2 aromatic heterocycles. The number of aromatic carboxylic acids is 1. The molecule has 0 spiro atoms. The largest absolute Gasteiger partial charge is 0.478 e. The maximum absolute atomic E-state index is 12.0. The highest BCUT2D eigenvalue weighted by molar-refractivity contribution is 7.80. The third-order valence-corrected chi connectivity index (χ3v) is 7.39. The molecule has 38 heavy (non-hydrogen) atoms. The van der Waals surface area contributed by atoms with Gasteiger partial charge in [-0.15, -0.1) is 0 Å². The number of hydrogen-bond acceptors (Lipinski definition) is 4. The van der Waals surface area contributed by atoms with Crippen LogP contribution in [0.5, 0.6) is 0 Å². The molecule has 2 atom stereocenters. The number of nitrogens with zero attached hydrogens (tertiary/aromatic N) is 3. The normalized spacial score (nSPS) is 16.9. The second-order valence-electron chi connectivity index (χ2n) is 9.45. The Morgan fingerprint density at radius 1 is 1.05 bits per heavy atom. The summed E-state index contributed by atoms with van der Waals surface area (Å²) in [6.45, 7) is 5.64. The number of carboxylic acids is 1. The van der Waals surface area contributed by atoms with Crippen molar-refractivity contribution in [2.45, 2.75) is 32.4 Å². The lowest BCUT2D eigenvalue weighted by molar-refractivity contribution is 0.0697. The predicted octanol–water partition coefficient (Wildman–Crippen LogP) is 5.66. The van der Waals surface area contributed by atoms with Crippen LogP contribution < -0.4 is 10.6 Å². The van der Waals surface area contributed by atoms with E-state index >= 15 is 0 Å². The minimum Gasteiger partial charge on any atom is -0.478 e. The predicted molar refractivity (Wildman–Crippen MR) is 154 cm³/mol. The van der Waals surface area contributed by atoms with Crippen LogP contribution in [0.4, 0.5) is 5.69 Å². The first-order chi connectivity index (χ1) is 18.5. The molecule has 0 saturated carbocycles. The zero-order chi connectivity index (χ0) is 26.6. The Hall–Kier alpha value is -4.17. The highest BCUT2D eigenvalue weighted by Crippen LogP contribution is 2.41. The highest BCUT2D eigenvalue weighted by atomic mass is 32.1. The van der Waals surface area contributed by atoms with Crippen LogP contribution in [-0.2, 0) is 0 Å². The molecule has 4 aromatic rings. The van der Waals surface area contributed by atoms with Crippen molar-refractivity contribution in [3.05, 3.63) is 113 Å². The van der Waals surface area contributed by atoms with Crippen LogP contribution in [0, 0.1) is 13.8 Å². The fraction of sp³-hybridized carbons (Fsp3) is 0.233. The highest BCUT2D eigenvalue weighted by Gasteiger charge is 2.41. The molecule has 2 unspecified atom stereocenters. The van der Waals surface area contributed by atoms with Crippen molar-refractivity contribution in [3.63, 3.8) is 0 Å². The van der Waals surface area contributed by atoms with Gasteiger partial charge in [0.2, 0.25) is 0 Å². The molecule has 3 heterocycles. The van der Waals surface area contributed by atoms with Gasteiger partial charge in [-0.25, -0.2) is 4.79 Å². The van der Waals surface area contributed by atoms with E-state index in [1.54, 1.807) is 18.3 Å². The van der Waals surface area contributed by atoms with Gasteiger partial charge in [-0.3, -0.25) is 4.98 Å². The number of carbonyl (C=O) groups is 1. The summed E-state index contributed by atoms with van der Waals surface area (Å²) in [5.74, 6) is -0.947. The molecule has 8 heteroatoms. The average molecular weight is 526 g/mol. The Bertz CT molecular complexity index is 1440. The summed E-state index contributed by atoms with van der Waals surface area (Å²) in [5.41, 5.74) is 5.99. The summed E-state index contributed by atoms with van der Waals surface area (Å²) in [6, 6.07) is 25.1. The molecule has 7 nitrogen and oxygen atoms in total. The fourth-order valence-electron chi connectivity index (χ4n) is 5.33. The molecule has 1 fully saturated rings.